The number of nitrogens with zero attached hydrogens (tertiary/aromatic N) is 3. The van der Waals surface area contributed by atoms with Gasteiger partial charge in [0.1, 0.15) is 0 Å². The lowest BCUT2D eigenvalue weighted by atomic mass is 9.97. The van der Waals surface area contributed by atoms with Crippen LogP contribution in [0.4, 0.5) is 11.4 Å². The highest BCUT2D eigenvalue weighted by molar-refractivity contribution is 6.04. The van der Waals surface area contributed by atoms with Gasteiger partial charge in [0, 0.05) is 41.5 Å². The second-order valence-corrected chi connectivity index (χ2v) is 7.77. The van der Waals surface area contributed by atoms with Crippen LogP contribution in [-0.2, 0) is 5.41 Å². The van der Waals surface area contributed by atoms with E-state index in [2.05, 4.69) is 27.3 Å². The number of carbonyl (C=O) groups excluding carboxylic acids is 1. The van der Waals surface area contributed by atoms with Crippen LogP contribution in [0, 0.1) is 0 Å². The van der Waals surface area contributed by atoms with Gasteiger partial charge < -0.3 is 14.7 Å². The molecule has 6 nitrogen and oxygen atoms in total. The molecule has 0 unspecified atom stereocenters. The van der Waals surface area contributed by atoms with E-state index in [0.717, 1.165) is 17.8 Å². The molecular weight excluding hydrogens is 352 g/mol. The van der Waals surface area contributed by atoms with Crippen molar-refractivity contribution in [2.24, 2.45) is 0 Å². The fraction of sp³-hybridized carbons (Fsp3) is 0.318. The summed E-state index contributed by atoms with van der Waals surface area (Å²) in [7, 11) is 2.02. The zero-order valence-electron chi connectivity index (χ0n) is 17.0. The van der Waals surface area contributed by atoms with Crippen LogP contribution in [0.3, 0.4) is 0 Å². The fourth-order valence-electron chi connectivity index (χ4n) is 2.60. The Balaban J connectivity index is 1.68. The highest BCUT2D eigenvalue weighted by Gasteiger charge is 2.22. The number of hydrogen-bond acceptors (Lipinski definition) is 5. The summed E-state index contributed by atoms with van der Waals surface area (Å²) in [6.07, 6.45) is 0. The van der Waals surface area contributed by atoms with Crippen molar-refractivity contribution in [1.82, 2.24) is 10.1 Å². The molecule has 28 heavy (non-hydrogen) atoms. The van der Waals surface area contributed by atoms with E-state index in [4.69, 9.17) is 4.52 Å². The smallest absolute Gasteiger partial charge is 0.255 e. The molecule has 0 bridgehead atoms. The van der Waals surface area contributed by atoms with Crippen LogP contribution in [0.25, 0.3) is 11.4 Å². The Morgan fingerprint density at radius 3 is 2.25 bits per heavy atom. The third kappa shape index (κ3) is 4.39. The summed E-state index contributed by atoms with van der Waals surface area (Å²) in [6.45, 7) is 9.07. The van der Waals surface area contributed by atoms with Crippen LogP contribution in [-0.4, -0.2) is 29.6 Å². The SMILES string of the molecule is CCN(C)c1ccc(C(=O)Nc2ccc(-c3noc(C(C)(C)C)n3)cc2)cc1. The van der Waals surface area contributed by atoms with Crippen LogP contribution in [0.15, 0.2) is 53.1 Å². The molecule has 0 fully saturated rings. The number of aromatic nitrogens is 2. The molecule has 0 saturated heterocycles. The quantitative estimate of drug-likeness (QED) is 0.694. The predicted octanol–water partition coefficient (Wildman–Crippen LogP) is 4.74. The van der Waals surface area contributed by atoms with Gasteiger partial charge in [-0.3, -0.25) is 4.79 Å². The maximum absolute atomic E-state index is 12.5. The maximum atomic E-state index is 12.5. The lowest BCUT2D eigenvalue weighted by Gasteiger charge is -2.16. The van der Waals surface area contributed by atoms with Crippen molar-refractivity contribution < 1.29 is 9.32 Å². The van der Waals surface area contributed by atoms with Crippen molar-refractivity contribution in [2.75, 3.05) is 23.8 Å². The fourth-order valence-corrected chi connectivity index (χ4v) is 2.60. The van der Waals surface area contributed by atoms with Crippen molar-refractivity contribution in [2.45, 2.75) is 33.1 Å². The monoisotopic (exact) mass is 378 g/mol. The van der Waals surface area contributed by atoms with E-state index < -0.39 is 0 Å². The van der Waals surface area contributed by atoms with Gasteiger partial charge in [-0.15, -0.1) is 0 Å². The molecule has 2 aromatic carbocycles. The Labute approximate surface area is 165 Å². The number of anilines is 2. The number of carbonyl (C=O) groups is 1. The van der Waals surface area contributed by atoms with Gasteiger partial charge in [-0.1, -0.05) is 25.9 Å². The first-order valence-electron chi connectivity index (χ1n) is 9.35. The Morgan fingerprint density at radius 1 is 1.07 bits per heavy atom. The Kier molecular flexibility index (Phi) is 5.49. The van der Waals surface area contributed by atoms with E-state index >= 15 is 0 Å². The molecule has 1 aromatic heterocycles. The van der Waals surface area contributed by atoms with Crippen molar-refractivity contribution in [3.05, 3.63) is 60.0 Å². The molecule has 0 spiro atoms. The second-order valence-electron chi connectivity index (χ2n) is 7.77. The standard InChI is InChI=1S/C22H26N4O2/c1-6-26(5)18-13-9-16(10-14-18)20(27)23-17-11-7-15(8-12-17)19-24-21(28-25-19)22(2,3)4/h7-14H,6H2,1-5H3,(H,23,27). The van der Waals surface area contributed by atoms with E-state index in [-0.39, 0.29) is 11.3 Å². The topological polar surface area (TPSA) is 71.3 Å². The largest absolute Gasteiger partial charge is 0.375 e. The molecule has 3 rings (SSSR count). The van der Waals surface area contributed by atoms with Crippen molar-refractivity contribution in [1.29, 1.82) is 0 Å². The van der Waals surface area contributed by atoms with Gasteiger partial charge in [0.25, 0.3) is 5.91 Å². The second kappa shape index (κ2) is 7.84. The molecule has 1 amide bonds. The molecule has 0 aliphatic rings. The molecule has 0 atom stereocenters. The first-order chi connectivity index (χ1) is 13.3. The first kappa shape index (κ1) is 19.6. The van der Waals surface area contributed by atoms with Gasteiger partial charge in [-0.2, -0.15) is 4.98 Å². The molecule has 146 valence electrons. The average Bonchev–Trinajstić information content (AvgIpc) is 3.19. The molecule has 1 heterocycles. The summed E-state index contributed by atoms with van der Waals surface area (Å²) in [4.78, 5) is 19.0. The highest BCUT2D eigenvalue weighted by atomic mass is 16.5. The zero-order valence-corrected chi connectivity index (χ0v) is 17.0. The predicted molar refractivity (Wildman–Crippen MR) is 112 cm³/mol. The molecule has 0 saturated carbocycles. The summed E-state index contributed by atoms with van der Waals surface area (Å²) < 4.78 is 5.34. The summed E-state index contributed by atoms with van der Waals surface area (Å²) in [5.41, 5.74) is 3.05. The van der Waals surface area contributed by atoms with E-state index in [1.165, 1.54) is 0 Å². The van der Waals surface area contributed by atoms with E-state index in [9.17, 15) is 4.79 Å². The van der Waals surface area contributed by atoms with Crippen LogP contribution >= 0.6 is 0 Å². The number of nitrogens with one attached hydrogen (secondary N) is 1. The Hall–Kier alpha value is -3.15. The minimum absolute atomic E-state index is 0.145. The molecule has 6 heteroatoms. The number of rotatable bonds is 5. The average molecular weight is 378 g/mol. The normalized spacial score (nSPS) is 11.3. The molecule has 0 radical (unpaired) electrons. The van der Waals surface area contributed by atoms with E-state index in [0.29, 0.717) is 23.0 Å². The van der Waals surface area contributed by atoms with Gasteiger partial charge in [0.15, 0.2) is 0 Å². The van der Waals surface area contributed by atoms with Gasteiger partial charge in [-0.25, -0.2) is 0 Å². The first-order valence-corrected chi connectivity index (χ1v) is 9.35. The van der Waals surface area contributed by atoms with Crippen LogP contribution in [0.2, 0.25) is 0 Å². The van der Waals surface area contributed by atoms with Crippen molar-refractivity contribution >= 4 is 17.3 Å². The molecule has 1 N–H and O–H groups in total. The van der Waals surface area contributed by atoms with E-state index in [1.54, 1.807) is 0 Å². The number of amides is 1. The minimum Gasteiger partial charge on any atom is -0.375 e. The maximum Gasteiger partial charge on any atom is 0.255 e. The summed E-state index contributed by atoms with van der Waals surface area (Å²) >= 11 is 0. The summed E-state index contributed by atoms with van der Waals surface area (Å²) in [6, 6.07) is 15.0. The Bertz CT molecular complexity index is 938. The summed E-state index contributed by atoms with van der Waals surface area (Å²) in [5.74, 6) is 0.989. The van der Waals surface area contributed by atoms with Crippen molar-refractivity contribution in [3.63, 3.8) is 0 Å². The van der Waals surface area contributed by atoms with Crippen molar-refractivity contribution in [3.8, 4) is 11.4 Å². The lowest BCUT2D eigenvalue weighted by molar-refractivity contribution is 0.102. The van der Waals surface area contributed by atoms with Gasteiger partial charge in [0.2, 0.25) is 11.7 Å². The number of benzene rings is 2. The minimum atomic E-state index is -0.194. The van der Waals surface area contributed by atoms with Crippen LogP contribution < -0.4 is 10.2 Å². The zero-order chi connectivity index (χ0) is 20.3. The van der Waals surface area contributed by atoms with E-state index in [1.807, 2.05) is 76.3 Å². The third-order valence-corrected chi connectivity index (χ3v) is 4.51. The van der Waals surface area contributed by atoms with Gasteiger partial charge in [0.05, 0.1) is 0 Å². The molecular formula is C22H26N4O2. The molecule has 3 aromatic rings. The lowest BCUT2D eigenvalue weighted by Crippen LogP contribution is -2.16. The summed E-state index contributed by atoms with van der Waals surface area (Å²) in [5, 5.41) is 6.96. The number of hydrogen-bond donors (Lipinski definition) is 1. The van der Waals surface area contributed by atoms with Crippen LogP contribution in [0.1, 0.15) is 43.9 Å². The molecule has 0 aliphatic carbocycles. The van der Waals surface area contributed by atoms with Crippen LogP contribution in [0.5, 0.6) is 0 Å². The van der Waals surface area contributed by atoms with Gasteiger partial charge >= 0.3 is 0 Å². The highest BCUT2D eigenvalue weighted by Crippen LogP contribution is 2.24. The van der Waals surface area contributed by atoms with Gasteiger partial charge in [-0.05, 0) is 55.5 Å². The third-order valence-electron chi connectivity index (χ3n) is 4.51. The molecule has 0 aliphatic heterocycles. The Morgan fingerprint density at radius 2 is 1.71 bits per heavy atom.